The van der Waals surface area contributed by atoms with Crippen molar-refractivity contribution in [1.29, 1.82) is 0 Å². The molecule has 0 saturated carbocycles. The first-order chi connectivity index (χ1) is 15.5. The van der Waals surface area contributed by atoms with Crippen LogP contribution < -0.4 is 10.0 Å². The molecule has 1 aliphatic rings. The zero-order valence-electron chi connectivity index (χ0n) is 18.5. The predicted octanol–water partition coefficient (Wildman–Crippen LogP) is 3.61. The molecule has 2 aromatic carbocycles. The monoisotopic (exact) mass is 492 g/mol. The van der Waals surface area contributed by atoms with Crippen LogP contribution in [0.1, 0.15) is 31.9 Å². The molecule has 0 fully saturated rings. The number of carbonyl (C=O) groups excluding carboxylic acids is 2. The molecule has 33 heavy (non-hydrogen) atoms. The molecule has 0 unspecified atom stereocenters. The standard InChI is InChI=1S/C23H25ClN2O6S/c1-23(2,3)32-22(28)25-12-13-26-33(29,30)18-10-6-15(7-11-18)19-14-31-21(27)20(19)16-4-8-17(24)9-5-16/h4-11,26H,12-14H2,1-3H3,(H,25,28). The average Bonchev–Trinajstić information content (AvgIpc) is 3.12. The third kappa shape index (κ3) is 6.56. The molecule has 2 aromatic rings. The molecule has 0 bridgehead atoms. The molecule has 0 spiro atoms. The third-order valence-electron chi connectivity index (χ3n) is 4.58. The lowest BCUT2D eigenvalue weighted by Crippen LogP contribution is -2.37. The lowest BCUT2D eigenvalue weighted by molar-refractivity contribution is -0.133. The number of rotatable bonds is 7. The maximum Gasteiger partial charge on any atom is 0.407 e. The van der Waals surface area contributed by atoms with Crippen LogP contribution in [0.15, 0.2) is 53.4 Å². The highest BCUT2D eigenvalue weighted by Gasteiger charge is 2.27. The number of esters is 1. The zero-order valence-corrected chi connectivity index (χ0v) is 20.0. The van der Waals surface area contributed by atoms with Gasteiger partial charge in [0, 0.05) is 23.7 Å². The fourth-order valence-electron chi connectivity index (χ4n) is 3.12. The fraction of sp³-hybridized carbons (Fsp3) is 0.304. The summed E-state index contributed by atoms with van der Waals surface area (Å²) in [5.74, 6) is -0.442. The van der Waals surface area contributed by atoms with Gasteiger partial charge in [0.15, 0.2) is 0 Å². The van der Waals surface area contributed by atoms with Crippen LogP contribution in [0, 0.1) is 0 Å². The van der Waals surface area contributed by atoms with E-state index >= 15 is 0 Å². The molecule has 0 saturated heterocycles. The van der Waals surface area contributed by atoms with Crippen molar-refractivity contribution in [1.82, 2.24) is 10.0 Å². The van der Waals surface area contributed by atoms with Crippen molar-refractivity contribution in [2.75, 3.05) is 19.7 Å². The summed E-state index contributed by atoms with van der Waals surface area (Å²) in [4.78, 5) is 24.0. The second-order valence-corrected chi connectivity index (χ2v) is 10.5. The number of hydrogen-bond acceptors (Lipinski definition) is 6. The van der Waals surface area contributed by atoms with Gasteiger partial charge in [0.1, 0.15) is 12.2 Å². The van der Waals surface area contributed by atoms with Crippen molar-refractivity contribution in [3.8, 4) is 0 Å². The molecule has 0 aliphatic carbocycles. The van der Waals surface area contributed by atoms with Crippen LogP contribution in [0.25, 0.3) is 11.1 Å². The van der Waals surface area contributed by atoms with E-state index in [4.69, 9.17) is 21.1 Å². The van der Waals surface area contributed by atoms with E-state index in [1.54, 1.807) is 57.2 Å². The molecule has 8 nitrogen and oxygen atoms in total. The Morgan fingerprint density at radius 2 is 1.64 bits per heavy atom. The molecule has 176 valence electrons. The summed E-state index contributed by atoms with van der Waals surface area (Å²) >= 11 is 5.93. The van der Waals surface area contributed by atoms with Crippen molar-refractivity contribution in [3.05, 3.63) is 64.7 Å². The van der Waals surface area contributed by atoms with Crippen LogP contribution in [0.4, 0.5) is 4.79 Å². The summed E-state index contributed by atoms with van der Waals surface area (Å²) in [6.45, 7) is 5.38. The van der Waals surface area contributed by atoms with E-state index in [2.05, 4.69) is 10.0 Å². The number of cyclic esters (lactones) is 1. The van der Waals surface area contributed by atoms with Gasteiger partial charge in [-0.25, -0.2) is 22.7 Å². The van der Waals surface area contributed by atoms with E-state index in [1.165, 1.54) is 12.1 Å². The number of carbonyl (C=O) groups is 2. The van der Waals surface area contributed by atoms with Gasteiger partial charge in [-0.1, -0.05) is 35.9 Å². The Bertz CT molecular complexity index is 1170. The Morgan fingerprint density at radius 3 is 2.24 bits per heavy atom. The molecule has 1 aliphatic heterocycles. The smallest absolute Gasteiger partial charge is 0.407 e. The molecule has 0 aromatic heterocycles. The molecule has 1 heterocycles. The Kier molecular flexibility index (Phi) is 7.46. The Morgan fingerprint density at radius 1 is 1.03 bits per heavy atom. The Labute approximate surface area is 198 Å². The van der Waals surface area contributed by atoms with E-state index < -0.39 is 27.7 Å². The van der Waals surface area contributed by atoms with Crippen molar-refractivity contribution in [2.24, 2.45) is 0 Å². The van der Waals surface area contributed by atoms with Gasteiger partial charge in [0.05, 0.1) is 10.5 Å². The number of amides is 1. The molecular weight excluding hydrogens is 468 g/mol. The van der Waals surface area contributed by atoms with E-state index in [0.717, 1.165) is 0 Å². The van der Waals surface area contributed by atoms with Gasteiger partial charge in [0.25, 0.3) is 0 Å². The number of sulfonamides is 1. The molecule has 0 atom stereocenters. The van der Waals surface area contributed by atoms with Gasteiger partial charge >= 0.3 is 12.1 Å². The summed E-state index contributed by atoms with van der Waals surface area (Å²) in [7, 11) is -3.79. The summed E-state index contributed by atoms with van der Waals surface area (Å²) < 4.78 is 37.8. The first-order valence-electron chi connectivity index (χ1n) is 10.2. The second-order valence-electron chi connectivity index (χ2n) is 8.29. The lowest BCUT2D eigenvalue weighted by Gasteiger charge is -2.19. The third-order valence-corrected chi connectivity index (χ3v) is 6.31. The van der Waals surface area contributed by atoms with Crippen molar-refractivity contribution in [2.45, 2.75) is 31.3 Å². The summed E-state index contributed by atoms with van der Waals surface area (Å²) in [5, 5.41) is 3.04. The van der Waals surface area contributed by atoms with Crippen molar-refractivity contribution >= 4 is 44.8 Å². The molecular formula is C23H25ClN2O6S. The van der Waals surface area contributed by atoms with Gasteiger partial charge in [-0.2, -0.15) is 0 Å². The maximum absolute atomic E-state index is 12.5. The number of alkyl carbamates (subject to hydrolysis) is 1. The number of hydrogen-bond donors (Lipinski definition) is 2. The van der Waals surface area contributed by atoms with Crippen LogP contribution in [0.3, 0.4) is 0 Å². The topological polar surface area (TPSA) is 111 Å². The van der Waals surface area contributed by atoms with Gasteiger partial charge in [-0.05, 0) is 56.2 Å². The first-order valence-corrected chi connectivity index (χ1v) is 12.1. The van der Waals surface area contributed by atoms with Gasteiger partial charge in [-0.15, -0.1) is 0 Å². The highest BCUT2D eigenvalue weighted by molar-refractivity contribution is 7.89. The highest BCUT2D eigenvalue weighted by Crippen LogP contribution is 2.33. The van der Waals surface area contributed by atoms with E-state index in [1.807, 2.05) is 0 Å². The van der Waals surface area contributed by atoms with E-state index in [9.17, 15) is 18.0 Å². The Balaban J connectivity index is 1.68. The fourth-order valence-corrected chi connectivity index (χ4v) is 4.28. The zero-order chi connectivity index (χ0) is 24.2. The van der Waals surface area contributed by atoms with Crippen LogP contribution in [0.2, 0.25) is 5.02 Å². The van der Waals surface area contributed by atoms with Crippen molar-refractivity contribution < 1.29 is 27.5 Å². The minimum absolute atomic E-state index is 0.00244. The van der Waals surface area contributed by atoms with E-state index in [-0.39, 0.29) is 24.6 Å². The first kappa shape index (κ1) is 24.8. The molecule has 0 radical (unpaired) electrons. The lowest BCUT2D eigenvalue weighted by atomic mass is 9.97. The van der Waals surface area contributed by atoms with Crippen LogP contribution in [-0.2, 0) is 24.3 Å². The summed E-state index contributed by atoms with van der Waals surface area (Å²) in [6, 6.07) is 13.0. The number of benzene rings is 2. The molecule has 1 amide bonds. The molecule has 2 N–H and O–H groups in total. The largest absolute Gasteiger partial charge is 0.457 e. The second kappa shape index (κ2) is 9.94. The minimum atomic E-state index is -3.79. The SMILES string of the molecule is CC(C)(C)OC(=O)NCCNS(=O)(=O)c1ccc(C2=C(c3ccc(Cl)cc3)C(=O)OC2)cc1. The summed E-state index contributed by atoms with van der Waals surface area (Å²) in [5.41, 5.74) is 1.81. The molecule has 3 rings (SSSR count). The van der Waals surface area contributed by atoms with Crippen molar-refractivity contribution in [3.63, 3.8) is 0 Å². The van der Waals surface area contributed by atoms with Gasteiger partial charge in [-0.3, -0.25) is 0 Å². The van der Waals surface area contributed by atoms with Gasteiger partial charge in [0.2, 0.25) is 10.0 Å². The van der Waals surface area contributed by atoms with E-state index in [0.29, 0.717) is 27.3 Å². The predicted molar refractivity (Wildman–Crippen MR) is 125 cm³/mol. The number of halogens is 1. The minimum Gasteiger partial charge on any atom is -0.457 e. The quantitative estimate of drug-likeness (QED) is 0.451. The summed E-state index contributed by atoms with van der Waals surface area (Å²) in [6.07, 6.45) is -0.621. The number of nitrogens with one attached hydrogen (secondary N) is 2. The molecule has 10 heteroatoms. The van der Waals surface area contributed by atoms with Crippen LogP contribution >= 0.6 is 11.6 Å². The normalized spacial score (nSPS) is 14.2. The highest BCUT2D eigenvalue weighted by atomic mass is 35.5. The van der Waals surface area contributed by atoms with Gasteiger partial charge < -0.3 is 14.8 Å². The Hall–Kier alpha value is -2.88. The number of ether oxygens (including phenoxy) is 2. The average molecular weight is 493 g/mol. The maximum atomic E-state index is 12.5. The van der Waals surface area contributed by atoms with Crippen LogP contribution in [-0.4, -0.2) is 45.8 Å². The van der Waals surface area contributed by atoms with Crippen LogP contribution in [0.5, 0.6) is 0 Å².